The lowest BCUT2D eigenvalue weighted by atomic mass is 10.4. The van der Waals surface area contributed by atoms with Crippen LogP contribution in [0.5, 0.6) is 0 Å². The first kappa shape index (κ1) is 20.9. The number of anilines is 1. The summed E-state index contributed by atoms with van der Waals surface area (Å²) < 4.78 is 26.8. The molecule has 0 aliphatic carbocycles. The van der Waals surface area contributed by atoms with Gasteiger partial charge in [-0.25, -0.2) is 9.97 Å². The van der Waals surface area contributed by atoms with Crippen LogP contribution in [0.1, 0.15) is 26.1 Å². The third kappa shape index (κ3) is 5.79. The second-order valence-electron chi connectivity index (χ2n) is 6.31. The number of amides is 2. The fraction of sp³-hybridized carbons (Fsp3) is 0.500. The van der Waals surface area contributed by atoms with E-state index in [2.05, 4.69) is 20.6 Å². The van der Waals surface area contributed by atoms with Crippen molar-refractivity contribution >= 4 is 28.3 Å². The number of carbonyl (C=O) groups is 2. The van der Waals surface area contributed by atoms with Crippen LogP contribution in [0, 0.1) is 6.92 Å². The van der Waals surface area contributed by atoms with E-state index in [4.69, 9.17) is 0 Å². The fourth-order valence-corrected chi connectivity index (χ4v) is 3.36. The number of nitrogens with one attached hydrogen (secondary N) is 2. The van der Waals surface area contributed by atoms with Gasteiger partial charge in [0.2, 0.25) is 11.8 Å². The van der Waals surface area contributed by atoms with Gasteiger partial charge in [0.05, 0.1) is 23.7 Å². The zero-order valence-corrected chi connectivity index (χ0v) is 16.3. The molecule has 0 bridgehead atoms. The van der Waals surface area contributed by atoms with Gasteiger partial charge in [-0.2, -0.15) is 8.78 Å². The Kier molecular flexibility index (Phi) is 6.97. The molecule has 2 aromatic rings. The lowest BCUT2D eigenvalue weighted by Crippen LogP contribution is -2.41. The molecule has 0 saturated carbocycles. The smallest absolute Gasteiger partial charge is 0.320 e. The molecule has 0 aliphatic heterocycles. The number of likely N-dealkylation sites (N-methyl/N-ethyl adjacent to an activating group) is 1. The van der Waals surface area contributed by atoms with Crippen LogP contribution in [-0.4, -0.2) is 57.4 Å². The number of hydrogen-bond acceptors (Lipinski definition) is 6. The summed E-state index contributed by atoms with van der Waals surface area (Å²) in [6.45, 7) is 2.73. The van der Waals surface area contributed by atoms with Gasteiger partial charge >= 0.3 is 6.55 Å². The third-order valence-electron chi connectivity index (χ3n) is 3.40. The van der Waals surface area contributed by atoms with Gasteiger partial charge in [-0.1, -0.05) is 11.3 Å². The number of rotatable bonds is 8. The Morgan fingerprint density at radius 3 is 2.59 bits per heavy atom. The highest BCUT2D eigenvalue weighted by Gasteiger charge is 2.20. The van der Waals surface area contributed by atoms with Crippen molar-refractivity contribution in [3.8, 4) is 10.7 Å². The van der Waals surface area contributed by atoms with E-state index in [1.165, 1.54) is 12.4 Å². The first-order chi connectivity index (χ1) is 12.7. The maximum atomic E-state index is 13.0. The summed E-state index contributed by atoms with van der Waals surface area (Å²) in [7, 11) is 1.65. The molecule has 148 valence electrons. The molecular weight excluding hydrogens is 378 g/mol. The van der Waals surface area contributed by atoms with Crippen LogP contribution < -0.4 is 10.6 Å². The molecule has 27 heavy (non-hydrogen) atoms. The van der Waals surface area contributed by atoms with Crippen LogP contribution in [0.15, 0.2) is 12.4 Å². The average Bonchev–Trinajstić information content (AvgIpc) is 3.11. The van der Waals surface area contributed by atoms with Crippen molar-refractivity contribution in [1.82, 2.24) is 24.8 Å². The van der Waals surface area contributed by atoms with Gasteiger partial charge in [-0.15, -0.1) is 0 Å². The molecule has 8 nitrogen and oxygen atoms in total. The topological polar surface area (TPSA) is 92.2 Å². The van der Waals surface area contributed by atoms with Gasteiger partial charge in [-0.3, -0.25) is 19.1 Å². The zero-order valence-electron chi connectivity index (χ0n) is 15.5. The summed E-state index contributed by atoms with van der Waals surface area (Å²) in [5.41, 5.74) is 0.494. The summed E-state index contributed by atoms with van der Waals surface area (Å²) in [4.78, 5) is 34.0. The Balaban J connectivity index is 1.99. The third-order valence-corrected chi connectivity index (χ3v) is 4.47. The quantitative estimate of drug-likeness (QED) is 0.708. The maximum absolute atomic E-state index is 13.0. The van der Waals surface area contributed by atoms with Crippen molar-refractivity contribution in [2.75, 3.05) is 25.5 Å². The molecule has 2 amide bonds. The van der Waals surface area contributed by atoms with Crippen molar-refractivity contribution in [3.05, 3.63) is 18.1 Å². The van der Waals surface area contributed by atoms with Gasteiger partial charge in [0.15, 0.2) is 11.0 Å². The Labute approximate surface area is 159 Å². The molecule has 2 aromatic heterocycles. The molecular formula is C16H22F2N6O2S. The Morgan fingerprint density at radius 2 is 1.96 bits per heavy atom. The summed E-state index contributed by atoms with van der Waals surface area (Å²) >= 11 is 1.07. The molecule has 0 atom stereocenters. The van der Waals surface area contributed by atoms with E-state index in [0.29, 0.717) is 10.6 Å². The molecule has 2 N–H and O–H groups in total. The molecule has 0 unspecified atom stereocenters. The summed E-state index contributed by atoms with van der Waals surface area (Å²) in [6.07, 6.45) is 2.48. The van der Waals surface area contributed by atoms with Crippen molar-refractivity contribution < 1.29 is 18.4 Å². The maximum Gasteiger partial charge on any atom is 0.320 e. The Hall–Kier alpha value is -2.40. The number of halogens is 2. The minimum absolute atomic E-state index is 0.00879. The normalized spacial score (nSPS) is 11.4. The van der Waals surface area contributed by atoms with E-state index in [9.17, 15) is 18.4 Å². The number of thiazole rings is 1. The predicted octanol–water partition coefficient (Wildman–Crippen LogP) is 2.11. The van der Waals surface area contributed by atoms with Crippen LogP contribution in [0.3, 0.4) is 0 Å². The van der Waals surface area contributed by atoms with Gasteiger partial charge in [0, 0.05) is 18.4 Å². The number of aromatic nitrogens is 3. The average molecular weight is 400 g/mol. The first-order valence-electron chi connectivity index (χ1n) is 8.24. The van der Waals surface area contributed by atoms with E-state index in [1.807, 2.05) is 13.8 Å². The summed E-state index contributed by atoms with van der Waals surface area (Å²) in [5.74, 6) is -0.429. The molecule has 2 rings (SSSR count). The lowest BCUT2D eigenvalue weighted by Gasteiger charge is -2.16. The first-order valence-corrected chi connectivity index (χ1v) is 9.05. The van der Waals surface area contributed by atoms with E-state index >= 15 is 0 Å². The molecule has 0 aliphatic rings. The van der Waals surface area contributed by atoms with E-state index in [0.717, 1.165) is 15.9 Å². The van der Waals surface area contributed by atoms with Crippen molar-refractivity contribution in [2.24, 2.45) is 0 Å². The second kappa shape index (κ2) is 9.00. The number of imidazole rings is 1. The monoisotopic (exact) mass is 400 g/mol. The van der Waals surface area contributed by atoms with Gasteiger partial charge < -0.3 is 10.6 Å². The van der Waals surface area contributed by atoms with Crippen LogP contribution in [0.2, 0.25) is 0 Å². The minimum Gasteiger partial charge on any atom is -0.353 e. The minimum atomic E-state index is -2.72. The molecule has 0 spiro atoms. The van der Waals surface area contributed by atoms with E-state index in [-0.39, 0.29) is 41.9 Å². The number of nitrogens with zero attached hydrogens (tertiary/aromatic N) is 4. The Bertz CT molecular complexity index is 805. The fourth-order valence-electron chi connectivity index (χ4n) is 2.38. The van der Waals surface area contributed by atoms with Crippen LogP contribution >= 0.6 is 11.3 Å². The molecule has 2 heterocycles. The van der Waals surface area contributed by atoms with E-state index < -0.39 is 6.55 Å². The number of carbonyl (C=O) groups excluding carboxylic acids is 2. The second-order valence-corrected chi connectivity index (χ2v) is 7.31. The zero-order chi connectivity index (χ0) is 20.1. The highest BCUT2D eigenvalue weighted by molar-refractivity contribution is 7.19. The van der Waals surface area contributed by atoms with Crippen molar-refractivity contribution in [3.63, 3.8) is 0 Å². The van der Waals surface area contributed by atoms with E-state index in [1.54, 1.807) is 18.9 Å². The van der Waals surface area contributed by atoms with Gasteiger partial charge in [0.25, 0.3) is 0 Å². The van der Waals surface area contributed by atoms with Gasteiger partial charge in [0.1, 0.15) is 0 Å². The molecule has 0 radical (unpaired) electrons. The lowest BCUT2D eigenvalue weighted by molar-refractivity contribution is -0.123. The van der Waals surface area contributed by atoms with Crippen molar-refractivity contribution in [2.45, 2.75) is 33.4 Å². The largest absolute Gasteiger partial charge is 0.353 e. The molecule has 0 fully saturated rings. The summed E-state index contributed by atoms with van der Waals surface area (Å²) in [6, 6.07) is 0.0252. The number of aryl methyl sites for hydroxylation is 1. The molecule has 0 aromatic carbocycles. The molecule has 11 heteroatoms. The van der Waals surface area contributed by atoms with Crippen LogP contribution in [0.4, 0.5) is 13.9 Å². The van der Waals surface area contributed by atoms with Crippen molar-refractivity contribution in [1.29, 1.82) is 0 Å². The summed E-state index contributed by atoms with van der Waals surface area (Å²) in [5, 5.41) is 5.66. The predicted molar refractivity (Wildman–Crippen MR) is 98.7 cm³/mol. The highest BCUT2D eigenvalue weighted by Crippen LogP contribution is 2.33. The molecule has 0 saturated heterocycles. The highest BCUT2D eigenvalue weighted by atomic mass is 32.1. The Morgan fingerprint density at radius 1 is 1.30 bits per heavy atom. The van der Waals surface area contributed by atoms with Crippen LogP contribution in [-0.2, 0) is 9.59 Å². The number of alkyl halides is 2. The number of hydrogen-bond donors (Lipinski definition) is 2. The van der Waals surface area contributed by atoms with Crippen LogP contribution in [0.25, 0.3) is 10.7 Å². The van der Waals surface area contributed by atoms with Gasteiger partial charge in [-0.05, 0) is 27.8 Å². The SMILES string of the molecule is Cc1nc(NC(=O)CN(C)CC(=O)NC(C)C)sc1-c1nccn1C(F)F. The standard InChI is InChI=1S/C16H22F2N6O2S/c1-9(2)20-11(25)7-23(4)8-12(26)22-16-21-10(3)13(27-16)14-19-5-6-24(14)15(17)18/h5-6,9,15H,7-8H2,1-4H3,(H,20,25)(H,21,22,26).